The summed E-state index contributed by atoms with van der Waals surface area (Å²) in [6, 6.07) is 10.2. The van der Waals surface area contributed by atoms with Gasteiger partial charge in [0.05, 0.1) is 0 Å². The minimum Gasteiger partial charge on any atom is -0.398 e. The van der Waals surface area contributed by atoms with Gasteiger partial charge in [0.2, 0.25) is 0 Å². The first-order valence-electron chi connectivity index (χ1n) is 6.18. The van der Waals surface area contributed by atoms with Crippen molar-refractivity contribution in [2.45, 2.75) is 6.92 Å². The van der Waals surface area contributed by atoms with Crippen molar-refractivity contribution in [3.05, 3.63) is 52.3 Å². The first-order valence-corrected chi connectivity index (χ1v) is 6.97. The molecule has 0 bridgehead atoms. The molecule has 1 heterocycles. The molecule has 0 saturated carbocycles. The maximum atomic E-state index is 14.1. The minimum atomic E-state index is -0.426. The van der Waals surface area contributed by atoms with Gasteiger partial charge in [0.15, 0.2) is 5.82 Å². The van der Waals surface area contributed by atoms with Gasteiger partial charge in [0.25, 0.3) is 0 Å². The Kier molecular flexibility index (Phi) is 3.42. The number of hydrogen-bond donors (Lipinski definition) is 1. The highest BCUT2D eigenvalue weighted by Gasteiger charge is 2.19. The molecule has 2 N–H and O–H groups in total. The van der Waals surface area contributed by atoms with Crippen molar-refractivity contribution in [2.75, 3.05) is 5.73 Å². The number of aryl methyl sites for hydroxylation is 1. The molecule has 0 saturated heterocycles. The molecule has 5 nitrogen and oxygen atoms in total. The molecule has 3 aromatic rings. The van der Waals surface area contributed by atoms with Gasteiger partial charge in [-0.2, -0.15) is 4.68 Å². The van der Waals surface area contributed by atoms with Gasteiger partial charge in [-0.05, 0) is 57.0 Å². The van der Waals surface area contributed by atoms with E-state index in [9.17, 15) is 4.39 Å². The first-order chi connectivity index (χ1) is 10.1. The molecule has 1 aromatic heterocycles. The van der Waals surface area contributed by atoms with Gasteiger partial charge < -0.3 is 5.73 Å². The number of para-hydroxylation sites is 1. The zero-order valence-corrected chi connectivity index (χ0v) is 12.7. The third-order valence-electron chi connectivity index (χ3n) is 3.15. The van der Waals surface area contributed by atoms with E-state index in [-0.39, 0.29) is 5.69 Å². The van der Waals surface area contributed by atoms with Gasteiger partial charge in [0, 0.05) is 15.7 Å². The van der Waals surface area contributed by atoms with Crippen molar-refractivity contribution >= 4 is 21.6 Å². The highest BCUT2D eigenvalue weighted by molar-refractivity contribution is 9.10. The van der Waals surface area contributed by atoms with Crippen LogP contribution in [0.3, 0.4) is 0 Å². The van der Waals surface area contributed by atoms with Gasteiger partial charge in [-0.3, -0.25) is 0 Å². The van der Waals surface area contributed by atoms with E-state index >= 15 is 0 Å². The lowest BCUT2D eigenvalue weighted by Gasteiger charge is -2.11. The summed E-state index contributed by atoms with van der Waals surface area (Å²) in [5.74, 6) is -0.0264. The molecule has 0 aliphatic rings. The number of nitrogen functional groups attached to an aromatic ring is 1. The number of nitrogens with zero attached hydrogens (tertiary/aromatic N) is 4. The molecule has 0 atom stereocenters. The lowest BCUT2D eigenvalue weighted by atomic mass is 10.1. The molecule has 0 aliphatic heterocycles. The molecule has 2 aromatic carbocycles. The van der Waals surface area contributed by atoms with Crippen LogP contribution in [0.15, 0.2) is 40.9 Å². The van der Waals surface area contributed by atoms with E-state index in [1.807, 2.05) is 19.1 Å². The summed E-state index contributed by atoms with van der Waals surface area (Å²) >= 11 is 3.32. The molecule has 0 fully saturated rings. The zero-order chi connectivity index (χ0) is 15.0. The summed E-state index contributed by atoms with van der Waals surface area (Å²) in [5.41, 5.74) is 8.42. The summed E-state index contributed by atoms with van der Waals surface area (Å²) in [7, 11) is 0. The van der Waals surface area contributed by atoms with Crippen LogP contribution in [0, 0.1) is 12.7 Å². The average Bonchev–Trinajstić information content (AvgIpc) is 2.87. The van der Waals surface area contributed by atoms with Crippen molar-refractivity contribution in [2.24, 2.45) is 0 Å². The zero-order valence-electron chi connectivity index (χ0n) is 11.1. The molecule has 3 rings (SSSR count). The Morgan fingerprint density at radius 2 is 1.95 bits per heavy atom. The second-order valence-electron chi connectivity index (χ2n) is 4.52. The first kappa shape index (κ1) is 13.7. The molecule has 21 heavy (non-hydrogen) atoms. The predicted molar refractivity (Wildman–Crippen MR) is 81.4 cm³/mol. The second-order valence-corrected chi connectivity index (χ2v) is 5.38. The lowest BCUT2D eigenvalue weighted by molar-refractivity contribution is 0.606. The van der Waals surface area contributed by atoms with Crippen molar-refractivity contribution in [1.82, 2.24) is 20.2 Å². The van der Waals surface area contributed by atoms with Crippen molar-refractivity contribution in [3.8, 4) is 17.1 Å². The van der Waals surface area contributed by atoms with E-state index < -0.39 is 5.82 Å². The van der Waals surface area contributed by atoms with E-state index in [4.69, 9.17) is 5.73 Å². The highest BCUT2D eigenvalue weighted by Crippen LogP contribution is 2.31. The molecule has 106 valence electrons. The highest BCUT2D eigenvalue weighted by atomic mass is 79.9. The topological polar surface area (TPSA) is 69.6 Å². The summed E-state index contributed by atoms with van der Waals surface area (Å²) in [4.78, 5) is 0. The maximum Gasteiger partial charge on any atom is 0.189 e. The Morgan fingerprint density at radius 3 is 2.67 bits per heavy atom. The van der Waals surface area contributed by atoms with E-state index in [2.05, 4.69) is 31.5 Å². The molecule has 0 spiro atoms. The van der Waals surface area contributed by atoms with Crippen molar-refractivity contribution < 1.29 is 4.39 Å². The summed E-state index contributed by atoms with van der Waals surface area (Å²) in [6.45, 7) is 1.90. The van der Waals surface area contributed by atoms with Gasteiger partial charge >= 0.3 is 0 Å². The smallest absolute Gasteiger partial charge is 0.189 e. The number of nitrogens with two attached hydrogens (primary N) is 1. The normalized spacial score (nSPS) is 10.8. The second kappa shape index (κ2) is 5.25. The number of halogens is 2. The SMILES string of the molecule is Cc1cccc(N)c1-c1nnnn1-c1c(F)cccc1Br. The molecule has 0 amide bonds. The van der Waals surface area contributed by atoms with Crippen molar-refractivity contribution in [3.63, 3.8) is 0 Å². The van der Waals surface area contributed by atoms with Gasteiger partial charge in [-0.25, -0.2) is 4.39 Å². The Labute approximate surface area is 128 Å². The van der Waals surface area contributed by atoms with Crippen LogP contribution < -0.4 is 5.73 Å². The predicted octanol–water partition coefficient (Wildman–Crippen LogP) is 3.12. The van der Waals surface area contributed by atoms with Crippen LogP contribution in [-0.2, 0) is 0 Å². The van der Waals surface area contributed by atoms with E-state index in [0.717, 1.165) is 5.56 Å². The van der Waals surface area contributed by atoms with Crippen molar-refractivity contribution in [1.29, 1.82) is 0 Å². The summed E-state index contributed by atoms with van der Waals surface area (Å²) in [6.07, 6.45) is 0. The fraction of sp³-hybridized carbons (Fsp3) is 0.0714. The van der Waals surface area contributed by atoms with E-state index in [1.54, 1.807) is 18.2 Å². The number of rotatable bonds is 2. The van der Waals surface area contributed by atoms with Crippen LogP contribution in [0.25, 0.3) is 17.1 Å². The average molecular weight is 348 g/mol. The number of anilines is 1. The van der Waals surface area contributed by atoms with Crippen LogP contribution in [0.2, 0.25) is 0 Å². The van der Waals surface area contributed by atoms with Crippen LogP contribution in [0.5, 0.6) is 0 Å². The minimum absolute atomic E-state index is 0.250. The number of hydrogen-bond acceptors (Lipinski definition) is 4. The van der Waals surface area contributed by atoms with Crippen LogP contribution >= 0.6 is 15.9 Å². The number of aromatic nitrogens is 4. The monoisotopic (exact) mass is 347 g/mol. The van der Waals surface area contributed by atoms with Gasteiger partial charge in [0.1, 0.15) is 11.5 Å². The Hall–Kier alpha value is -2.28. The molecule has 0 aliphatic carbocycles. The number of tetrazole rings is 1. The molecule has 0 unspecified atom stereocenters. The van der Waals surface area contributed by atoms with E-state index in [1.165, 1.54) is 10.7 Å². The Bertz CT molecular complexity index is 708. The van der Waals surface area contributed by atoms with Crippen LogP contribution in [-0.4, -0.2) is 20.2 Å². The third kappa shape index (κ3) is 2.29. The third-order valence-corrected chi connectivity index (χ3v) is 3.79. The lowest BCUT2D eigenvalue weighted by Crippen LogP contribution is -2.05. The summed E-state index contributed by atoms with van der Waals surface area (Å²) in [5, 5.41) is 11.6. The van der Waals surface area contributed by atoms with Gasteiger partial charge in [-0.15, -0.1) is 5.10 Å². The largest absolute Gasteiger partial charge is 0.398 e. The van der Waals surface area contributed by atoms with Crippen LogP contribution in [0.4, 0.5) is 10.1 Å². The maximum absolute atomic E-state index is 14.1. The fourth-order valence-corrected chi connectivity index (χ4v) is 2.69. The number of benzene rings is 2. The Morgan fingerprint density at radius 1 is 1.19 bits per heavy atom. The molecule has 7 heteroatoms. The molecule has 0 radical (unpaired) electrons. The fourth-order valence-electron chi connectivity index (χ4n) is 2.18. The van der Waals surface area contributed by atoms with E-state index in [0.29, 0.717) is 21.5 Å². The molecular formula is C14H11BrFN5. The molecular weight excluding hydrogens is 337 g/mol. The Balaban J connectivity index is 2.28. The summed E-state index contributed by atoms with van der Waals surface area (Å²) < 4.78 is 16.0. The van der Waals surface area contributed by atoms with Crippen LogP contribution in [0.1, 0.15) is 5.56 Å². The standard InChI is InChI=1S/C14H11BrFN5/c1-8-4-2-7-11(17)12(8)14-18-19-20-21(14)13-9(15)5-3-6-10(13)16/h2-7H,17H2,1H3. The van der Waals surface area contributed by atoms with Gasteiger partial charge in [-0.1, -0.05) is 18.2 Å². The quantitative estimate of drug-likeness (QED) is 0.723.